The highest BCUT2D eigenvalue weighted by atomic mass is 16.5. The maximum absolute atomic E-state index is 11.9. The third-order valence-corrected chi connectivity index (χ3v) is 2.68. The molecule has 2 rings (SSSR count). The van der Waals surface area contributed by atoms with Crippen molar-refractivity contribution in [3.63, 3.8) is 0 Å². The highest BCUT2D eigenvalue weighted by Crippen LogP contribution is 2.28. The van der Waals surface area contributed by atoms with Gasteiger partial charge in [-0.15, -0.1) is 0 Å². The van der Waals surface area contributed by atoms with Gasteiger partial charge in [0.1, 0.15) is 5.75 Å². The van der Waals surface area contributed by atoms with Gasteiger partial charge in [0.2, 0.25) is 0 Å². The molecule has 1 N–H and O–H groups in total. The number of carbonyl (C=O) groups excluding carboxylic acids is 1. The summed E-state index contributed by atoms with van der Waals surface area (Å²) in [6.45, 7) is 3.28. The molecule has 0 heterocycles. The summed E-state index contributed by atoms with van der Waals surface area (Å²) in [6.07, 6.45) is 2.49. The summed E-state index contributed by atoms with van der Waals surface area (Å²) in [5, 5.41) is 2.94. The van der Waals surface area contributed by atoms with E-state index in [1.165, 1.54) is 12.8 Å². The molecule has 1 amide bonds. The normalized spacial score (nSPS) is 14.6. The standard InChI is InChI=1S/C13H17NO2/c1-2-16-12-6-4-3-5-11(12)13(15)14-9-10-7-8-10/h3-6,10H,2,7-9H2,1H3,(H,14,15). The minimum absolute atomic E-state index is 0.0315. The molecule has 1 aromatic rings. The second-order valence-electron chi connectivity index (χ2n) is 4.08. The van der Waals surface area contributed by atoms with Crippen LogP contribution in [0.2, 0.25) is 0 Å². The molecule has 0 saturated heterocycles. The van der Waals surface area contributed by atoms with Crippen LogP contribution in [-0.2, 0) is 0 Å². The molecule has 3 heteroatoms. The van der Waals surface area contributed by atoms with Crippen molar-refractivity contribution in [3.8, 4) is 5.75 Å². The molecule has 3 nitrogen and oxygen atoms in total. The number of benzene rings is 1. The highest BCUT2D eigenvalue weighted by molar-refractivity contribution is 5.96. The van der Waals surface area contributed by atoms with Crippen LogP contribution >= 0.6 is 0 Å². The average molecular weight is 219 g/mol. The maximum Gasteiger partial charge on any atom is 0.255 e. The highest BCUT2D eigenvalue weighted by Gasteiger charge is 2.22. The Labute approximate surface area is 95.8 Å². The largest absolute Gasteiger partial charge is 0.493 e. The smallest absolute Gasteiger partial charge is 0.255 e. The van der Waals surface area contributed by atoms with Crippen LogP contribution in [0.3, 0.4) is 0 Å². The minimum Gasteiger partial charge on any atom is -0.493 e. The molecular formula is C13H17NO2. The van der Waals surface area contributed by atoms with Crippen LogP contribution in [0, 0.1) is 5.92 Å². The van der Waals surface area contributed by atoms with E-state index in [1.54, 1.807) is 6.07 Å². The van der Waals surface area contributed by atoms with Gasteiger partial charge in [0.05, 0.1) is 12.2 Å². The second kappa shape index (κ2) is 5.01. The zero-order chi connectivity index (χ0) is 11.4. The Morgan fingerprint density at radius 1 is 1.44 bits per heavy atom. The fourth-order valence-corrected chi connectivity index (χ4v) is 1.59. The third-order valence-electron chi connectivity index (χ3n) is 2.68. The predicted molar refractivity (Wildman–Crippen MR) is 62.7 cm³/mol. The first kappa shape index (κ1) is 11.0. The van der Waals surface area contributed by atoms with E-state index in [0.29, 0.717) is 23.8 Å². The molecule has 1 saturated carbocycles. The average Bonchev–Trinajstić information content (AvgIpc) is 3.11. The van der Waals surface area contributed by atoms with E-state index in [-0.39, 0.29) is 5.91 Å². The molecular weight excluding hydrogens is 202 g/mol. The van der Waals surface area contributed by atoms with Gasteiger partial charge in [-0.3, -0.25) is 4.79 Å². The molecule has 0 atom stereocenters. The Hall–Kier alpha value is -1.51. The van der Waals surface area contributed by atoms with Crippen molar-refractivity contribution in [3.05, 3.63) is 29.8 Å². The lowest BCUT2D eigenvalue weighted by Crippen LogP contribution is -2.26. The Balaban J connectivity index is 2.01. The first-order valence-electron chi connectivity index (χ1n) is 5.81. The number of para-hydroxylation sites is 1. The van der Waals surface area contributed by atoms with Crippen molar-refractivity contribution >= 4 is 5.91 Å². The minimum atomic E-state index is -0.0315. The van der Waals surface area contributed by atoms with Crippen LogP contribution in [0.4, 0.5) is 0 Å². The summed E-state index contributed by atoms with van der Waals surface area (Å²) in [4.78, 5) is 11.9. The summed E-state index contributed by atoms with van der Waals surface area (Å²) in [5.74, 6) is 1.33. The lowest BCUT2D eigenvalue weighted by Gasteiger charge is -2.09. The zero-order valence-corrected chi connectivity index (χ0v) is 9.53. The van der Waals surface area contributed by atoms with Crippen LogP contribution < -0.4 is 10.1 Å². The molecule has 0 unspecified atom stereocenters. The van der Waals surface area contributed by atoms with Crippen molar-refractivity contribution in [2.75, 3.05) is 13.2 Å². The molecule has 86 valence electrons. The molecule has 1 fully saturated rings. The van der Waals surface area contributed by atoms with Gasteiger partial charge in [0.15, 0.2) is 0 Å². The van der Waals surface area contributed by atoms with E-state index >= 15 is 0 Å². The fraction of sp³-hybridized carbons (Fsp3) is 0.462. The number of ether oxygens (including phenoxy) is 1. The van der Waals surface area contributed by atoms with Gasteiger partial charge in [-0.05, 0) is 37.8 Å². The van der Waals surface area contributed by atoms with E-state index in [1.807, 2.05) is 25.1 Å². The van der Waals surface area contributed by atoms with Crippen LogP contribution in [0.1, 0.15) is 30.1 Å². The molecule has 0 aliphatic heterocycles. The second-order valence-corrected chi connectivity index (χ2v) is 4.08. The van der Waals surface area contributed by atoms with Crippen LogP contribution in [-0.4, -0.2) is 19.1 Å². The van der Waals surface area contributed by atoms with E-state index in [2.05, 4.69) is 5.32 Å². The summed E-state index contributed by atoms with van der Waals surface area (Å²) < 4.78 is 5.42. The van der Waals surface area contributed by atoms with Gasteiger partial charge in [0.25, 0.3) is 5.91 Å². The topological polar surface area (TPSA) is 38.3 Å². The van der Waals surface area contributed by atoms with Crippen LogP contribution in [0.25, 0.3) is 0 Å². The zero-order valence-electron chi connectivity index (χ0n) is 9.53. The molecule has 1 aliphatic carbocycles. The van der Waals surface area contributed by atoms with E-state index < -0.39 is 0 Å². The molecule has 16 heavy (non-hydrogen) atoms. The van der Waals surface area contributed by atoms with E-state index in [9.17, 15) is 4.79 Å². The van der Waals surface area contributed by atoms with Crippen molar-refractivity contribution in [1.82, 2.24) is 5.32 Å². The van der Waals surface area contributed by atoms with Gasteiger partial charge in [0, 0.05) is 6.54 Å². The lowest BCUT2D eigenvalue weighted by molar-refractivity contribution is 0.0948. The number of hydrogen-bond donors (Lipinski definition) is 1. The predicted octanol–water partition coefficient (Wildman–Crippen LogP) is 2.23. The number of amides is 1. The molecule has 0 spiro atoms. The summed E-state index contributed by atoms with van der Waals surface area (Å²) in [6, 6.07) is 7.36. The van der Waals surface area contributed by atoms with Crippen molar-refractivity contribution in [2.24, 2.45) is 5.92 Å². The summed E-state index contributed by atoms with van der Waals surface area (Å²) >= 11 is 0. The van der Waals surface area contributed by atoms with E-state index in [0.717, 1.165) is 6.54 Å². The van der Waals surface area contributed by atoms with Gasteiger partial charge in [-0.25, -0.2) is 0 Å². The Morgan fingerprint density at radius 2 is 2.19 bits per heavy atom. The fourth-order valence-electron chi connectivity index (χ4n) is 1.59. The Kier molecular flexibility index (Phi) is 3.44. The van der Waals surface area contributed by atoms with Crippen molar-refractivity contribution < 1.29 is 9.53 Å². The number of carbonyl (C=O) groups is 1. The van der Waals surface area contributed by atoms with Crippen molar-refractivity contribution in [1.29, 1.82) is 0 Å². The third kappa shape index (κ3) is 2.75. The van der Waals surface area contributed by atoms with Crippen LogP contribution in [0.15, 0.2) is 24.3 Å². The molecule has 1 aliphatic rings. The maximum atomic E-state index is 11.9. The Morgan fingerprint density at radius 3 is 2.88 bits per heavy atom. The number of hydrogen-bond acceptors (Lipinski definition) is 2. The number of nitrogens with one attached hydrogen (secondary N) is 1. The van der Waals surface area contributed by atoms with Gasteiger partial charge in [-0.1, -0.05) is 12.1 Å². The first-order valence-corrected chi connectivity index (χ1v) is 5.81. The summed E-state index contributed by atoms with van der Waals surface area (Å²) in [7, 11) is 0. The van der Waals surface area contributed by atoms with Crippen molar-refractivity contribution in [2.45, 2.75) is 19.8 Å². The lowest BCUT2D eigenvalue weighted by atomic mass is 10.2. The molecule has 0 radical (unpaired) electrons. The number of rotatable bonds is 5. The van der Waals surface area contributed by atoms with Gasteiger partial charge < -0.3 is 10.1 Å². The van der Waals surface area contributed by atoms with Crippen LogP contribution in [0.5, 0.6) is 5.75 Å². The van der Waals surface area contributed by atoms with E-state index in [4.69, 9.17) is 4.74 Å². The molecule has 0 aromatic heterocycles. The Bertz CT molecular complexity index is 372. The first-order chi connectivity index (χ1) is 7.81. The monoisotopic (exact) mass is 219 g/mol. The summed E-state index contributed by atoms with van der Waals surface area (Å²) in [5.41, 5.74) is 0.630. The molecule has 0 bridgehead atoms. The van der Waals surface area contributed by atoms with Gasteiger partial charge in [-0.2, -0.15) is 0 Å². The van der Waals surface area contributed by atoms with Gasteiger partial charge >= 0.3 is 0 Å². The SMILES string of the molecule is CCOc1ccccc1C(=O)NCC1CC1. The quantitative estimate of drug-likeness (QED) is 0.824. The molecule has 1 aromatic carbocycles.